The molecule has 1 saturated heterocycles. The Kier molecular flexibility index (Phi) is 5.46. The van der Waals surface area contributed by atoms with Gasteiger partial charge in [-0.3, -0.25) is 9.59 Å². The summed E-state index contributed by atoms with van der Waals surface area (Å²) in [5.41, 5.74) is 2.61. The highest BCUT2D eigenvalue weighted by atomic mass is 35.5. The lowest BCUT2D eigenvalue weighted by atomic mass is 10.1. The Labute approximate surface area is 162 Å². The number of amides is 2. The molecular formula is C20H19ClN2O4. The fourth-order valence-corrected chi connectivity index (χ4v) is 3.32. The smallest absolute Gasteiger partial charge is 0.337 e. The molecule has 2 aromatic carbocycles. The highest BCUT2D eigenvalue weighted by Gasteiger charge is 2.35. The first-order valence-corrected chi connectivity index (χ1v) is 8.82. The molecule has 140 valence electrons. The van der Waals surface area contributed by atoms with Gasteiger partial charge in [0.25, 0.3) is 0 Å². The lowest BCUT2D eigenvalue weighted by molar-refractivity contribution is -0.122. The Morgan fingerprint density at radius 3 is 2.52 bits per heavy atom. The molecule has 27 heavy (non-hydrogen) atoms. The number of halogens is 1. The number of hydrogen-bond acceptors (Lipinski definition) is 4. The molecule has 0 bridgehead atoms. The molecule has 1 heterocycles. The topological polar surface area (TPSA) is 75.7 Å². The molecule has 0 saturated carbocycles. The number of carbonyl (C=O) groups is 3. The largest absolute Gasteiger partial charge is 0.465 e. The fraction of sp³-hybridized carbons (Fsp3) is 0.250. The molecule has 0 aromatic heterocycles. The number of nitrogens with one attached hydrogen (secondary N) is 1. The van der Waals surface area contributed by atoms with E-state index in [1.54, 1.807) is 47.4 Å². The second-order valence-corrected chi connectivity index (χ2v) is 6.83. The van der Waals surface area contributed by atoms with Crippen LogP contribution in [-0.4, -0.2) is 31.4 Å². The highest BCUT2D eigenvalue weighted by Crippen LogP contribution is 2.30. The Bertz CT molecular complexity index is 895. The predicted molar refractivity (Wildman–Crippen MR) is 103 cm³/mol. The van der Waals surface area contributed by atoms with Crippen LogP contribution in [0.3, 0.4) is 0 Å². The molecule has 0 radical (unpaired) electrons. The summed E-state index contributed by atoms with van der Waals surface area (Å²) in [6.07, 6.45) is 0.147. The van der Waals surface area contributed by atoms with Gasteiger partial charge in [0, 0.05) is 29.4 Å². The van der Waals surface area contributed by atoms with Crippen LogP contribution in [0.1, 0.15) is 22.3 Å². The average molecular weight is 387 g/mol. The summed E-state index contributed by atoms with van der Waals surface area (Å²) in [4.78, 5) is 38.0. The van der Waals surface area contributed by atoms with Crippen molar-refractivity contribution in [2.45, 2.75) is 13.3 Å². The van der Waals surface area contributed by atoms with Crippen molar-refractivity contribution < 1.29 is 19.1 Å². The maximum Gasteiger partial charge on any atom is 0.337 e. The number of benzene rings is 2. The van der Waals surface area contributed by atoms with Gasteiger partial charge in [-0.1, -0.05) is 11.6 Å². The van der Waals surface area contributed by atoms with Crippen molar-refractivity contribution in [2.24, 2.45) is 5.92 Å². The molecule has 0 spiro atoms. The van der Waals surface area contributed by atoms with Gasteiger partial charge in [0.15, 0.2) is 0 Å². The molecule has 0 aliphatic carbocycles. The first-order valence-electron chi connectivity index (χ1n) is 8.45. The highest BCUT2D eigenvalue weighted by molar-refractivity contribution is 6.30. The summed E-state index contributed by atoms with van der Waals surface area (Å²) in [6, 6.07) is 11.7. The van der Waals surface area contributed by atoms with E-state index in [0.29, 0.717) is 22.8 Å². The number of anilines is 2. The van der Waals surface area contributed by atoms with Crippen LogP contribution >= 0.6 is 11.6 Å². The molecule has 1 fully saturated rings. The summed E-state index contributed by atoms with van der Waals surface area (Å²) in [5, 5.41) is 3.40. The molecule has 1 unspecified atom stereocenters. The molecule has 1 aliphatic heterocycles. The van der Waals surface area contributed by atoms with Crippen LogP contribution in [-0.2, 0) is 14.3 Å². The molecular weight excluding hydrogens is 368 g/mol. The zero-order chi connectivity index (χ0) is 19.6. The van der Waals surface area contributed by atoms with Crippen molar-refractivity contribution in [1.82, 2.24) is 0 Å². The number of esters is 1. The number of rotatable bonds is 4. The first-order chi connectivity index (χ1) is 12.9. The molecule has 3 rings (SSSR count). The van der Waals surface area contributed by atoms with E-state index >= 15 is 0 Å². The van der Waals surface area contributed by atoms with Crippen LogP contribution in [0.15, 0.2) is 42.5 Å². The average Bonchev–Trinajstić information content (AvgIpc) is 3.03. The Hall–Kier alpha value is -2.86. The molecule has 2 aromatic rings. The van der Waals surface area contributed by atoms with E-state index in [-0.39, 0.29) is 18.2 Å². The van der Waals surface area contributed by atoms with Gasteiger partial charge in [0.2, 0.25) is 11.8 Å². The third-order valence-electron chi connectivity index (χ3n) is 4.52. The monoisotopic (exact) mass is 386 g/mol. The van der Waals surface area contributed by atoms with Crippen molar-refractivity contribution in [2.75, 3.05) is 23.9 Å². The van der Waals surface area contributed by atoms with E-state index in [1.807, 2.05) is 6.92 Å². The zero-order valence-corrected chi connectivity index (χ0v) is 15.7. The fourth-order valence-electron chi connectivity index (χ4n) is 3.09. The summed E-state index contributed by atoms with van der Waals surface area (Å²) in [5.74, 6) is -1.22. The van der Waals surface area contributed by atoms with E-state index in [0.717, 1.165) is 11.3 Å². The molecule has 1 N–H and O–H groups in total. The number of nitrogens with zero attached hydrogens (tertiary/aromatic N) is 1. The number of ether oxygens (including phenoxy) is 1. The number of methoxy groups -OCH3 is 1. The van der Waals surface area contributed by atoms with Crippen LogP contribution in [0.4, 0.5) is 11.4 Å². The Balaban J connectivity index is 1.68. The molecule has 2 amide bonds. The van der Waals surface area contributed by atoms with Gasteiger partial charge in [-0.25, -0.2) is 4.79 Å². The van der Waals surface area contributed by atoms with Crippen molar-refractivity contribution >= 4 is 40.8 Å². The second kappa shape index (κ2) is 7.80. The van der Waals surface area contributed by atoms with E-state index in [4.69, 9.17) is 11.6 Å². The minimum absolute atomic E-state index is 0.0957. The minimum atomic E-state index is -0.451. The van der Waals surface area contributed by atoms with Crippen molar-refractivity contribution in [3.63, 3.8) is 0 Å². The van der Waals surface area contributed by atoms with Gasteiger partial charge < -0.3 is 15.0 Å². The quantitative estimate of drug-likeness (QED) is 0.817. The van der Waals surface area contributed by atoms with Crippen molar-refractivity contribution in [3.8, 4) is 0 Å². The lowest BCUT2D eigenvalue weighted by Gasteiger charge is -2.19. The first kappa shape index (κ1) is 18.9. The van der Waals surface area contributed by atoms with E-state index in [1.165, 1.54) is 7.11 Å². The van der Waals surface area contributed by atoms with Crippen LogP contribution in [0, 0.1) is 12.8 Å². The van der Waals surface area contributed by atoms with Crippen molar-refractivity contribution in [3.05, 3.63) is 58.6 Å². The summed E-state index contributed by atoms with van der Waals surface area (Å²) in [7, 11) is 1.31. The Morgan fingerprint density at radius 2 is 1.89 bits per heavy atom. The van der Waals surface area contributed by atoms with Gasteiger partial charge in [0.1, 0.15) is 0 Å². The second-order valence-electron chi connectivity index (χ2n) is 6.39. The molecule has 7 heteroatoms. The van der Waals surface area contributed by atoms with E-state index in [2.05, 4.69) is 10.1 Å². The Morgan fingerprint density at radius 1 is 1.19 bits per heavy atom. The van der Waals surface area contributed by atoms with Crippen LogP contribution < -0.4 is 10.2 Å². The molecule has 1 aliphatic rings. The molecule has 6 nitrogen and oxygen atoms in total. The molecule has 1 atom stereocenters. The van der Waals surface area contributed by atoms with E-state index in [9.17, 15) is 14.4 Å². The van der Waals surface area contributed by atoms with Crippen molar-refractivity contribution in [1.29, 1.82) is 0 Å². The van der Waals surface area contributed by atoms with E-state index < -0.39 is 11.9 Å². The van der Waals surface area contributed by atoms with Crippen LogP contribution in [0.5, 0.6) is 0 Å². The summed E-state index contributed by atoms with van der Waals surface area (Å²) >= 11 is 5.97. The number of hydrogen-bond donors (Lipinski definition) is 1. The SMILES string of the molecule is COC(=O)c1ccc(NC(=O)C2CC(=O)N(c3ccc(Cl)cc3C)C2)cc1. The third kappa shape index (κ3) is 4.11. The maximum atomic E-state index is 12.5. The zero-order valence-electron chi connectivity index (χ0n) is 15.0. The van der Waals surface area contributed by atoms with Gasteiger partial charge in [-0.15, -0.1) is 0 Å². The lowest BCUT2D eigenvalue weighted by Crippen LogP contribution is -2.28. The summed E-state index contributed by atoms with van der Waals surface area (Å²) in [6.45, 7) is 2.19. The van der Waals surface area contributed by atoms with Gasteiger partial charge in [0.05, 0.1) is 18.6 Å². The normalized spacial score (nSPS) is 16.3. The predicted octanol–water partition coefficient (Wildman–Crippen LogP) is 3.43. The van der Waals surface area contributed by atoms with Crippen LogP contribution in [0.25, 0.3) is 0 Å². The van der Waals surface area contributed by atoms with Gasteiger partial charge >= 0.3 is 5.97 Å². The number of carbonyl (C=O) groups excluding carboxylic acids is 3. The summed E-state index contributed by atoms with van der Waals surface area (Å²) < 4.78 is 4.64. The third-order valence-corrected chi connectivity index (χ3v) is 4.75. The standard InChI is InChI=1S/C20H19ClN2O4/c1-12-9-15(21)5-8-17(12)23-11-14(10-18(23)24)19(25)22-16-6-3-13(4-7-16)20(26)27-2/h3-9,14H,10-11H2,1-2H3,(H,22,25). The van der Waals surface area contributed by atoms with Gasteiger partial charge in [-0.05, 0) is 55.0 Å². The minimum Gasteiger partial charge on any atom is -0.465 e. The maximum absolute atomic E-state index is 12.5. The van der Waals surface area contributed by atoms with Gasteiger partial charge in [-0.2, -0.15) is 0 Å². The van der Waals surface area contributed by atoms with Crippen LogP contribution in [0.2, 0.25) is 5.02 Å². The number of aryl methyl sites for hydroxylation is 1.